The standard InChI is InChI=1S/C24H25BrN2O5/c1-4-30-21-12-18(20(25)13-22(21)32-15-23(28)31-5-2)11-19(14-26)24(29)27-16(3)17-9-7-6-8-10-17/h6-13,16H,4-5,15H2,1-3H3,(H,27,29)/b19-11-/t16-/m0/s1. The highest BCUT2D eigenvalue weighted by Gasteiger charge is 2.17. The highest BCUT2D eigenvalue weighted by molar-refractivity contribution is 9.10. The van der Waals surface area contributed by atoms with Crippen LogP contribution in [0, 0.1) is 11.3 Å². The quantitative estimate of drug-likeness (QED) is 0.291. The molecule has 2 rings (SSSR count). The molecule has 168 valence electrons. The van der Waals surface area contributed by atoms with E-state index in [0.717, 1.165) is 5.56 Å². The minimum atomic E-state index is -0.494. The Morgan fingerprint density at radius 1 is 1.12 bits per heavy atom. The first-order chi connectivity index (χ1) is 15.4. The highest BCUT2D eigenvalue weighted by atomic mass is 79.9. The number of rotatable bonds is 10. The van der Waals surface area contributed by atoms with Crippen LogP contribution in [0.4, 0.5) is 0 Å². The summed E-state index contributed by atoms with van der Waals surface area (Å²) in [4.78, 5) is 24.3. The van der Waals surface area contributed by atoms with E-state index in [0.29, 0.717) is 28.1 Å². The van der Waals surface area contributed by atoms with Crippen LogP contribution in [0.25, 0.3) is 6.08 Å². The lowest BCUT2D eigenvalue weighted by Crippen LogP contribution is -2.27. The maximum Gasteiger partial charge on any atom is 0.344 e. The topological polar surface area (TPSA) is 97.7 Å². The molecule has 0 fully saturated rings. The Hall–Kier alpha value is -3.31. The van der Waals surface area contributed by atoms with Crippen molar-refractivity contribution in [2.75, 3.05) is 19.8 Å². The Labute approximate surface area is 196 Å². The molecule has 7 nitrogen and oxygen atoms in total. The lowest BCUT2D eigenvalue weighted by molar-refractivity contribution is -0.145. The number of ether oxygens (including phenoxy) is 3. The second kappa shape index (κ2) is 12.5. The Morgan fingerprint density at radius 3 is 2.44 bits per heavy atom. The Bertz CT molecular complexity index is 1020. The molecule has 0 aliphatic rings. The molecule has 0 spiro atoms. The van der Waals surface area contributed by atoms with E-state index in [4.69, 9.17) is 14.2 Å². The molecule has 0 saturated heterocycles. The largest absolute Gasteiger partial charge is 0.490 e. The summed E-state index contributed by atoms with van der Waals surface area (Å²) in [6, 6.07) is 14.4. The van der Waals surface area contributed by atoms with Crippen LogP contribution < -0.4 is 14.8 Å². The van der Waals surface area contributed by atoms with Crippen molar-refractivity contribution in [2.45, 2.75) is 26.8 Å². The van der Waals surface area contributed by atoms with E-state index in [1.165, 1.54) is 6.08 Å². The van der Waals surface area contributed by atoms with Crippen molar-refractivity contribution in [1.82, 2.24) is 5.32 Å². The SMILES string of the molecule is CCOC(=O)COc1cc(Br)c(/C=C(/C#N)C(=O)N[C@@H](C)c2ccccc2)cc1OCC. The summed E-state index contributed by atoms with van der Waals surface area (Å²) in [7, 11) is 0. The van der Waals surface area contributed by atoms with Crippen molar-refractivity contribution in [3.05, 3.63) is 63.6 Å². The molecule has 32 heavy (non-hydrogen) atoms. The van der Waals surface area contributed by atoms with E-state index in [1.54, 1.807) is 19.1 Å². The number of carbonyl (C=O) groups is 2. The zero-order chi connectivity index (χ0) is 23.5. The summed E-state index contributed by atoms with van der Waals surface area (Å²) < 4.78 is 16.6. The van der Waals surface area contributed by atoms with Crippen molar-refractivity contribution < 1.29 is 23.8 Å². The predicted molar refractivity (Wildman–Crippen MR) is 124 cm³/mol. The highest BCUT2D eigenvalue weighted by Crippen LogP contribution is 2.35. The molecule has 2 aromatic carbocycles. The van der Waals surface area contributed by atoms with Gasteiger partial charge >= 0.3 is 5.97 Å². The van der Waals surface area contributed by atoms with Gasteiger partial charge in [-0.25, -0.2) is 4.79 Å². The van der Waals surface area contributed by atoms with E-state index < -0.39 is 11.9 Å². The Morgan fingerprint density at radius 2 is 1.81 bits per heavy atom. The molecule has 0 radical (unpaired) electrons. The smallest absolute Gasteiger partial charge is 0.344 e. The minimum Gasteiger partial charge on any atom is -0.490 e. The lowest BCUT2D eigenvalue weighted by atomic mass is 10.1. The summed E-state index contributed by atoms with van der Waals surface area (Å²) in [5, 5.41) is 12.4. The third-order valence-corrected chi connectivity index (χ3v) is 5.01. The summed E-state index contributed by atoms with van der Waals surface area (Å²) in [6.07, 6.45) is 1.47. The third-order valence-electron chi connectivity index (χ3n) is 4.33. The average molecular weight is 501 g/mol. The van der Waals surface area contributed by atoms with Gasteiger partial charge in [0.25, 0.3) is 5.91 Å². The predicted octanol–water partition coefficient (Wildman–Crippen LogP) is 4.57. The molecule has 0 heterocycles. The number of amides is 1. The molecule has 1 N–H and O–H groups in total. The third kappa shape index (κ3) is 7.13. The van der Waals surface area contributed by atoms with Crippen LogP contribution in [0.5, 0.6) is 11.5 Å². The average Bonchev–Trinajstić information content (AvgIpc) is 2.78. The molecule has 0 aliphatic heterocycles. The van der Waals surface area contributed by atoms with Gasteiger partial charge in [-0.1, -0.05) is 46.3 Å². The van der Waals surface area contributed by atoms with E-state index in [9.17, 15) is 14.9 Å². The first-order valence-electron chi connectivity index (χ1n) is 10.1. The minimum absolute atomic E-state index is 0.0591. The van der Waals surface area contributed by atoms with Crippen molar-refractivity contribution in [2.24, 2.45) is 0 Å². The molecule has 1 amide bonds. The molecular formula is C24H25BrN2O5. The second-order valence-corrected chi connectivity index (χ2v) is 7.48. The fourth-order valence-electron chi connectivity index (χ4n) is 2.79. The first kappa shape index (κ1) is 25.0. The summed E-state index contributed by atoms with van der Waals surface area (Å²) in [6.45, 7) is 5.73. The first-order valence-corrected chi connectivity index (χ1v) is 10.9. The summed E-state index contributed by atoms with van der Waals surface area (Å²) >= 11 is 3.43. The number of nitrogens with zero attached hydrogens (tertiary/aromatic N) is 1. The van der Waals surface area contributed by atoms with Crippen LogP contribution >= 0.6 is 15.9 Å². The van der Waals surface area contributed by atoms with Gasteiger partial charge in [-0.15, -0.1) is 0 Å². The monoisotopic (exact) mass is 500 g/mol. The van der Waals surface area contributed by atoms with Gasteiger partial charge in [0.05, 0.1) is 19.3 Å². The van der Waals surface area contributed by atoms with Crippen LogP contribution in [-0.2, 0) is 14.3 Å². The number of hydrogen-bond donors (Lipinski definition) is 1. The second-order valence-electron chi connectivity index (χ2n) is 6.62. The molecule has 1 atom stereocenters. The number of nitriles is 1. The molecule has 0 bridgehead atoms. The van der Waals surface area contributed by atoms with Crippen molar-refractivity contribution in [3.63, 3.8) is 0 Å². The summed E-state index contributed by atoms with van der Waals surface area (Å²) in [5.74, 6) is -0.270. The number of esters is 1. The van der Waals surface area contributed by atoms with Gasteiger partial charge in [-0.05, 0) is 50.1 Å². The van der Waals surface area contributed by atoms with Gasteiger partial charge in [0.2, 0.25) is 0 Å². The number of carbonyl (C=O) groups excluding carboxylic acids is 2. The van der Waals surface area contributed by atoms with Gasteiger partial charge in [-0.3, -0.25) is 4.79 Å². The Balaban J connectivity index is 2.25. The fourth-order valence-corrected chi connectivity index (χ4v) is 3.22. The maximum atomic E-state index is 12.7. The molecular weight excluding hydrogens is 476 g/mol. The van der Waals surface area contributed by atoms with Crippen molar-refractivity contribution in [3.8, 4) is 17.6 Å². The lowest BCUT2D eigenvalue weighted by Gasteiger charge is -2.15. The molecule has 0 saturated carbocycles. The van der Waals surface area contributed by atoms with Gasteiger partial charge in [0.15, 0.2) is 18.1 Å². The van der Waals surface area contributed by atoms with Crippen LogP contribution in [0.3, 0.4) is 0 Å². The number of benzene rings is 2. The zero-order valence-corrected chi connectivity index (χ0v) is 19.8. The van der Waals surface area contributed by atoms with Gasteiger partial charge < -0.3 is 19.5 Å². The molecule has 0 aromatic heterocycles. The molecule has 2 aromatic rings. The molecule has 0 unspecified atom stereocenters. The molecule has 8 heteroatoms. The van der Waals surface area contributed by atoms with Crippen molar-refractivity contribution >= 4 is 33.9 Å². The number of halogens is 1. The van der Waals surface area contributed by atoms with Crippen LogP contribution in [0.15, 0.2) is 52.5 Å². The Kier molecular flexibility index (Phi) is 9.76. The van der Waals surface area contributed by atoms with Crippen LogP contribution in [-0.4, -0.2) is 31.7 Å². The van der Waals surface area contributed by atoms with Gasteiger partial charge in [-0.2, -0.15) is 5.26 Å². The summed E-state index contributed by atoms with van der Waals surface area (Å²) in [5.41, 5.74) is 1.42. The zero-order valence-electron chi connectivity index (χ0n) is 18.2. The number of nitrogens with one attached hydrogen (secondary N) is 1. The van der Waals surface area contributed by atoms with E-state index in [1.807, 2.05) is 50.2 Å². The van der Waals surface area contributed by atoms with E-state index in [-0.39, 0.29) is 24.8 Å². The van der Waals surface area contributed by atoms with Gasteiger partial charge in [0, 0.05) is 4.47 Å². The van der Waals surface area contributed by atoms with Crippen LogP contribution in [0.2, 0.25) is 0 Å². The maximum absolute atomic E-state index is 12.7. The van der Waals surface area contributed by atoms with Gasteiger partial charge in [0.1, 0.15) is 11.6 Å². The van der Waals surface area contributed by atoms with Crippen LogP contribution in [0.1, 0.15) is 37.9 Å². The normalized spacial score (nSPS) is 11.8. The number of hydrogen-bond acceptors (Lipinski definition) is 6. The van der Waals surface area contributed by atoms with E-state index >= 15 is 0 Å². The van der Waals surface area contributed by atoms with Crippen molar-refractivity contribution in [1.29, 1.82) is 5.26 Å². The fraction of sp³-hybridized carbons (Fsp3) is 0.292. The van der Waals surface area contributed by atoms with E-state index in [2.05, 4.69) is 21.2 Å². The molecule has 0 aliphatic carbocycles.